The average molecular weight is 299 g/mol. The molecule has 2 unspecified atom stereocenters. The van der Waals surface area contributed by atoms with Gasteiger partial charge in [0.05, 0.1) is 38.0 Å². The Labute approximate surface area is 121 Å². The lowest BCUT2D eigenvalue weighted by atomic mass is 9.99. The van der Waals surface area contributed by atoms with Gasteiger partial charge in [0, 0.05) is 6.08 Å². The minimum Gasteiger partial charge on any atom is -0.462 e. The first-order chi connectivity index (χ1) is 10.1. The van der Waals surface area contributed by atoms with Crippen LogP contribution in [0.4, 0.5) is 0 Å². The molecule has 2 rings (SSSR count). The molecule has 0 amide bonds. The third-order valence-electron chi connectivity index (χ3n) is 3.02. The van der Waals surface area contributed by atoms with E-state index < -0.39 is 23.1 Å². The molecule has 2 atom stereocenters. The zero-order valence-electron chi connectivity index (χ0n) is 11.6. The van der Waals surface area contributed by atoms with Crippen LogP contribution in [0.1, 0.15) is 6.92 Å². The van der Waals surface area contributed by atoms with Gasteiger partial charge in [0.1, 0.15) is 17.8 Å². The van der Waals surface area contributed by atoms with Crippen molar-refractivity contribution in [3.63, 3.8) is 0 Å². The van der Waals surface area contributed by atoms with E-state index in [1.807, 2.05) is 0 Å². The second kappa shape index (κ2) is 7.30. The standard InChI is InChI=1S/C13H17NO7/c1-2-19-13(15)9-7-11-12(8-10(9)14(16)17)21-6-4-18-3-5-20-11/h7-8,11-12H,2-6H2,1H3. The van der Waals surface area contributed by atoms with Crippen LogP contribution in [0.15, 0.2) is 23.4 Å². The predicted molar refractivity (Wildman–Crippen MR) is 70.1 cm³/mol. The molecule has 1 aliphatic carbocycles. The molecule has 8 nitrogen and oxygen atoms in total. The van der Waals surface area contributed by atoms with Crippen LogP contribution < -0.4 is 0 Å². The number of hydrogen-bond donors (Lipinski definition) is 0. The molecule has 2 aliphatic rings. The van der Waals surface area contributed by atoms with Crippen LogP contribution in [0.25, 0.3) is 0 Å². The van der Waals surface area contributed by atoms with E-state index in [9.17, 15) is 14.9 Å². The number of rotatable bonds is 3. The molecule has 0 spiro atoms. The highest BCUT2D eigenvalue weighted by Crippen LogP contribution is 2.25. The molecule has 0 aromatic heterocycles. The molecule has 1 fully saturated rings. The van der Waals surface area contributed by atoms with E-state index in [4.69, 9.17) is 18.9 Å². The minimum absolute atomic E-state index is 0.105. The Bertz CT molecular complexity index is 471. The first-order valence-corrected chi connectivity index (χ1v) is 6.70. The molecule has 116 valence electrons. The van der Waals surface area contributed by atoms with E-state index in [-0.39, 0.29) is 17.9 Å². The Morgan fingerprint density at radius 2 is 1.90 bits per heavy atom. The molecule has 8 heteroatoms. The van der Waals surface area contributed by atoms with Crippen molar-refractivity contribution in [2.75, 3.05) is 33.0 Å². The second-order valence-electron chi connectivity index (χ2n) is 4.39. The van der Waals surface area contributed by atoms with Gasteiger partial charge >= 0.3 is 5.97 Å². The van der Waals surface area contributed by atoms with E-state index in [1.165, 1.54) is 12.2 Å². The highest BCUT2D eigenvalue weighted by Gasteiger charge is 2.36. The topological polar surface area (TPSA) is 97.1 Å². The molecule has 0 bridgehead atoms. The van der Waals surface area contributed by atoms with Gasteiger partial charge in [-0.1, -0.05) is 0 Å². The van der Waals surface area contributed by atoms with Crippen molar-refractivity contribution in [3.05, 3.63) is 33.5 Å². The van der Waals surface area contributed by atoms with Gasteiger partial charge in [-0.3, -0.25) is 10.1 Å². The Balaban J connectivity index is 2.27. The zero-order chi connectivity index (χ0) is 15.2. The Morgan fingerprint density at radius 3 is 2.48 bits per heavy atom. The number of nitro groups is 1. The van der Waals surface area contributed by atoms with E-state index in [1.54, 1.807) is 6.92 Å². The summed E-state index contributed by atoms with van der Waals surface area (Å²) in [5.41, 5.74) is -0.426. The van der Waals surface area contributed by atoms with Crippen molar-refractivity contribution in [1.82, 2.24) is 0 Å². The number of esters is 1. The van der Waals surface area contributed by atoms with Crippen molar-refractivity contribution < 1.29 is 28.7 Å². The van der Waals surface area contributed by atoms with Crippen LogP contribution in [-0.2, 0) is 23.7 Å². The Morgan fingerprint density at radius 1 is 1.29 bits per heavy atom. The largest absolute Gasteiger partial charge is 0.462 e. The van der Waals surface area contributed by atoms with Crippen molar-refractivity contribution >= 4 is 5.97 Å². The van der Waals surface area contributed by atoms with Crippen LogP contribution in [0.2, 0.25) is 0 Å². The number of carbonyl (C=O) groups excluding carboxylic acids is 1. The van der Waals surface area contributed by atoms with Crippen LogP contribution in [0.3, 0.4) is 0 Å². The van der Waals surface area contributed by atoms with Crippen molar-refractivity contribution in [3.8, 4) is 0 Å². The van der Waals surface area contributed by atoms with Crippen LogP contribution in [-0.4, -0.2) is 56.1 Å². The van der Waals surface area contributed by atoms with Gasteiger partial charge in [0.25, 0.3) is 5.70 Å². The number of fused-ring (bicyclic) bond motifs is 1. The zero-order valence-corrected chi connectivity index (χ0v) is 11.6. The Kier molecular flexibility index (Phi) is 5.43. The molecular weight excluding hydrogens is 282 g/mol. The summed E-state index contributed by atoms with van der Waals surface area (Å²) in [7, 11) is 0. The monoisotopic (exact) mass is 299 g/mol. The van der Waals surface area contributed by atoms with Gasteiger partial charge in [-0.05, 0) is 13.0 Å². The van der Waals surface area contributed by atoms with Crippen molar-refractivity contribution in [2.45, 2.75) is 19.1 Å². The fraction of sp³-hybridized carbons (Fsp3) is 0.615. The second-order valence-corrected chi connectivity index (χ2v) is 4.39. The van der Waals surface area contributed by atoms with E-state index in [0.717, 1.165) is 0 Å². The molecule has 1 aliphatic heterocycles. The molecule has 1 saturated heterocycles. The summed E-state index contributed by atoms with van der Waals surface area (Å²) in [6.45, 7) is 3.19. The maximum Gasteiger partial charge on any atom is 0.344 e. The average Bonchev–Trinajstić information content (AvgIpc) is 2.57. The fourth-order valence-corrected chi connectivity index (χ4v) is 2.10. The Hall–Kier alpha value is -1.77. The van der Waals surface area contributed by atoms with Gasteiger partial charge < -0.3 is 18.9 Å². The summed E-state index contributed by atoms with van der Waals surface area (Å²) in [6.07, 6.45) is 1.49. The van der Waals surface area contributed by atoms with E-state index in [2.05, 4.69) is 0 Å². The molecule has 0 radical (unpaired) electrons. The van der Waals surface area contributed by atoms with Gasteiger partial charge in [0.2, 0.25) is 0 Å². The highest BCUT2D eigenvalue weighted by molar-refractivity contribution is 5.93. The maximum absolute atomic E-state index is 11.9. The summed E-state index contributed by atoms with van der Waals surface area (Å²) < 4.78 is 21.1. The minimum atomic E-state index is -0.737. The van der Waals surface area contributed by atoms with E-state index >= 15 is 0 Å². The number of nitrogens with zero attached hydrogens (tertiary/aromatic N) is 1. The molecular formula is C13H17NO7. The summed E-state index contributed by atoms with van der Waals surface area (Å²) in [4.78, 5) is 22.4. The summed E-state index contributed by atoms with van der Waals surface area (Å²) >= 11 is 0. The predicted octanol–water partition coefficient (Wildman–Crippen LogP) is 0.451. The van der Waals surface area contributed by atoms with Gasteiger partial charge in [-0.2, -0.15) is 0 Å². The lowest BCUT2D eigenvalue weighted by Gasteiger charge is -2.25. The summed E-state index contributed by atoms with van der Waals surface area (Å²) in [5, 5.41) is 11.1. The number of carbonyl (C=O) groups is 1. The van der Waals surface area contributed by atoms with E-state index in [0.29, 0.717) is 26.4 Å². The van der Waals surface area contributed by atoms with Crippen molar-refractivity contribution in [1.29, 1.82) is 0 Å². The number of ether oxygens (including phenoxy) is 4. The first kappa shape index (κ1) is 15.6. The SMILES string of the molecule is CCOC(=O)C1=CC2OCCOCCOC2C=C1[N+](=O)[O-]. The molecule has 0 aromatic rings. The maximum atomic E-state index is 11.9. The molecule has 0 aromatic carbocycles. The molecule has 21 heavy (non-hydrogen) atoms. The van der Waals surface area contributed by atoms with Crippen LogP contribution in [0.5, 0.6) is 0 Å². The first-order valence-electron chi connectivity index (χ1n) is 6.70. The number of hydrogen-bond acceptors (Lipinski definition) is 7. The smallest absolute Gasteiger partial charge is 0.344 e. The molecule has 1 heterocycles. The summed E-state index contributed by atoms with van der Waals surface area (Å²) in [6, 6.07) is 0. The molecule has 0 saturated carbocycles. The quantitative estimate of drug-likeness (QED) is 0.424. The van der Waals surface area contributed by atoms with Gasteiger partial charge in [-0.15, -0.1) is 0 Å². The molecule has 0 N–H and O–H groups in total. The normalized spacial score (nSPS) is 26.3. The third-order valence-corrected chi connectivity index (χ3v) is 3.02. The van der Waals surface area contributed by atoms with Crippen molar-refractivity contribution in [2.24, 2.45) is 0 Å². The van der Waals surface area contributed by atoms with Gasteiger partial charge in [0.15, 0.2) is 0 Å². The van der Waals surface area contributed by atoms with Crippen LogP contribution >= 0.6 is 0 Å². The fourth-order valence-electron chi connectivity index (χ4n) is 2.10. The highest BCUT2D eigenvalue weighted by atomic mass is 16.6. The van der Waals surface area contributed by atoms with Crippen LogP contribution in [0, 0.1) is 10.1 Å². The third kappa shape index (κ3) is 3.87. The lowest BCUT2D eigenvalue weighted by molar-refractivity contribution is -0.421. The lowest BCUT2D eigenvalue weighted by Crippen LogP contribution is -2.35. The van der Waals surface area contributed by atoms with Gasteiger partial charge in [-0.25, -0.2) is 4.79 Å². The summed E-state index contributed by atoms with van der Waals surface area (Å²) in [5.74, 6) is -0.737.